The van der Waals surface area contributed by atoms with Crippen molar-refractivity contribution in [2.24, 2.45) is 5.73 Å². The van der Waals surface area contributed by atoms with Gasteiger partial charge in [0.2, 0.25) is 0 Å². The zero-order valence-corrected chi connectivity index (χ0v) is 37.5. The van der Waals surface area contributed by atoms with Gasteiger partial charge in [-0.2, -0.15) is 0 Å². The van der Waals surface area contributed by atoms with Gasteiger partial charge in [0.25, 0.3) is 0 Å². The molecule has 2 atom stereocenters. The maximum absolute atomic E-state index is 12.6. The van der Waals surface area contributed by atoms with Crippen LogP contribution in [0.4, 0.5) is 0 Å². The first-order chi connectivity index (χ1) is 27.8. The Morgan fingerprint density at radius 2 is 0.965 bits per heavy atom. The van der Waals surface area contributed by atoms with Crippen molar-refractivity contribution < 1.29 is 37.6 Å². The second kappa shape index (κ2) is 43.5. The predicted octanol–water partition coefficient (Wildman–Crippen LogP) is 13.5. The lowest BCUT2D eigenvalue weighted by atomic mass is 10.0. The van der Waals surface area contributed by atoms with E-state index in [0.717, 1.165) is 70.6 Å². The molecule has 0 aliphatic heterocycles. The summed E-state index contributed by atoms with van der Waals surface area (Å²) < 4.78 is 32.8. The van der Waals surface area contributed by atoms with E-state index in [-0.39, 0.29) is 38.6 Å². The van der Waals surface area contributed by atoms with Crippen molar-refractivity contribution in [3.8, 4) is 0 Å². The second-order valence-electron chi connectivity index (χ2n) is 15.2. The first-order valence-corrected chi connectivity index (χ1v) is 24.6. The number of phosphoric ester groups is 1. The van der Waals surface area contributed by atoms with Crippen LogP contribution in [0.1, 0.15) is 206 Å². The fourth-order valence-corrected chi connectivity index (χ4v) is 7.06. The average Bonchev–Trinajstić information content (AvgIpc) is 3.20. The molecule has 0 saturated carbocycles. The Morgan fingerprint density at radius 1 is 0.544 bits per heavy atom. The summed E-state index contributed by atoms with van der Waals surface area (Å²) in [6.45, 7) is 3.61. The van der Waals surface area contributed by atoms with Gasteiger partial charge in [-0.15, -0.1) is 0 Å². The molecule has 0 aliphatic rings. The summed E-state index contributed by atoms with van der Waals surface area (Å²) in [5, 5.41) is 0. The van der Waals surface area contributed by atoms with Gasteiger partial charge in [0.15, 0.2) is 6.10 Å². The van der Waals surface area contributed by atoms with E-state index in [4.69, 9.17) is 24.3 Å². The largest absolute Gasteiger partial charge is 0.472 e. The quantitative estimate of drug-likeness (QED) is 0.0267. The summed E-state index contributed by atoms with van der Waals surface area (Å²) >= 11 is 0. The highest BCUT2D eigenvalue weighted by atomic mass is 31.2. The second-order valence-corrected chi connectivity index (χ2v) is 16.7. The lowest BCUT2D eigenvalue weighted by Gasteiger charge is -2.19. The van der Waals surface area contributed by atoms with Gasteiger partial charge in [0, 0.05) is 19.4 Å². The molecule has 0 heterocycles. The molecule has 0 saturated heterocycles. The Bertz CT molecular complexity index is 1080. The number of hydrogen-bond donors (Lipinski definition) is 2. The Labute approximate surface area is 349 Å². The highest BCUT2D eigenvalue weighted by Gasteiger charge is 2.26. The number of hydrogen-bond acceptors (Lipinski definition) is 8. The smallest absolute Gasteiger partial charge is 0.462 e. The van der Waals surface area contributed by atoms with E-state index in [2.05, 4.69) is 62.5 Å². The number of rotatable bonds is 43. The topological polar surface area (TPSA) is 134 Å². The molecule has 9 nitrogen and oxygen atoms in total. The van der Waals surface area contributed by atoms with Gasteiger partial charge in [-0.3, -0.25) is 18.6 Å². The molecule has 0 aromatic rings. The van der Waals surface area contributed by atoms with E-state index < -0.39 is 26.5 Å². The number of carbonyl (C=O) groups is 2. The van der Waals surface area contributed by atoms with E-state index in [9.17, 15) is 19.0 Å². The van der Waals surface area contributed by atoms with Gasteiger partial charge in [-0.05, 0) is 70.6 Å². The van der Waals surface area contributed by atoms with Crippen LogP contribution in [0.5, 0.6) is 0 Å². The number of nitrogens with two attached hydrogens (primary N) is 1. The summed E-state index contributed by atoms with van der Waals surface area (Å²) in [7, 11) is -4.38. The molecule has 0 aliphatic carbocycles. The van der Waals surface area contributed by atoms with Crippen LogP contribution in [0.25, 0.3) is 0 Å². The Kier molecular flexibility index (Phi) is 42.0. The zero-order valence-electron chi connectivity index (χ0n) is 36.6. The van der Waals surface area contributed by atoms with Crippen LogP contribution in [0.3, 0.4) is 0 Å². The van der Waals surface area contributed by atoms with Gasteiger partial charge >= 0.3 is 19.8 Å². The minimum Gasteiger partial charge on any atom is -0.462 e. The molecule has 0 spiro atoms. The van der Waals surface area contributed by atoms with Gasteiger partial charge < -0.3 is 20.1 Å². The number of phosphoric acid groups is 1. The van der Waals surface area contributed by atoms with Crippen LogP contribution in [0.15, 0.2) is 48.6 Å². The van der Waals surface area contributed by atoms with Crippen molar-refractivity contribution in [2.75, 3.05) is 26.4 Å². The molecular weight excluding hydrogens is 737 g/mol. The summed E-state index contributed by atoms with van der Waals surface area (Å²) in [5.74, 6) is -0.847. The van der Waals surface area contributed by atoms with Gasteiger partial charge in [-0.1, -0.05) is 172 Å². The third-order valence-electron chi connectivity index (χ3n) is 9.70. The van der Waals surface area contributed by atoms with Crippen LogP contribution < -0.4 is 5.73 Å². The molecule has 3 N–H and O–H groups in total. The lowest BCUT2D eigenvalue weighted by molar-refractivity contribution is -0.161. The van der Waals surface area contributed by atoms with Gasteiger partial charge in [-0.25, -0.2) is 4.57 Å². The Hall–Kier alpha value is -2.03. The van der Waals surface area contributed by atoms with E-state index in [0.29, 0.717) is 6.42 Å². The van der Waals surface area contributed by atoms with E-state index in [1.807, 2.05) is 0 Å². The van der Waals surface area contributed by atoms with Crippen molar-refractivity contribution in [1.82, 2.24) is 0 Å². The standard InChI is InChI=1S/C47H86NO8P/c1-3-5-7-9-11-13-15-17-19-20-21-22-23-24-26-27-29-31-33-35-37-39-46(49)53-43-45(44-55-57(51,52)54-42-41-48)56-47(50)40-38-36-34-32-30-28-25-18-16-14-12-10-8-6-4-2/h6,8,12,14,17-19,25,45H,3-5,7,9-11,13,15-16,20-24,26-44,48H2,1-2H3,(H,51,52)/b8-6+,14-12+,19-17+,25-18+/t45-/m0/s1. The molecule has 10 heteroatoms. The van der Waals surface area contributed by atoms with Gasteiger partial charge in [0.1, 0.15) is 6.61 Å². The summed E-state index contributed by atoms with van der Waals surface area (Å²) in [6.07, 6.45) is 50.0. The van der Waals surface area contributed by atoms with Crippen molar-refractivity contribution in [2.45, 2.75) is 213 Å². The fraction of sp³-hybridized carbons (Fsp3) is 0.787. The number of allylic oxidation sites excluding steroid dienone is 8. The molecule has 0 aromatic carbocycles. The number of carbonyl (C=O) groups excluding carboxylic acids is 2. The number of unbranched alkanes of at least 4 members (excludes halogenated alkanes) is 22. The molecule has 0 fully saturated rings. The van der Waals surface area contributed by atoms with E-state index in [1.54, 1.807) is 0 Å². The van der Waals surface area contributed by atoms with Crippen molar-refractivity contribution in [3.63, 3.8) is 0 Å². The molecular formula is C47H86NO8P. The molecule has 0 aromatic heterocycles. The molecule has 0 rings (SSSR count). The highest BCUT2D eigenvalue weighted by Crippen LogP contribution is 2.43. The Balaban J connectivity index is 4.09. The highest BCUT2D eigenvalue weighted by molar-refractivity contribution is 7.47. The van der Waals surface area contributed by atoms with E-state index >= 15 is 0 Å². The van der Waals surface area contributed by atoms with Crippen molar-refractivity contribution >= 4 is 19.8 Å². The van der Waals surface area contributed by atoms with Gasteiger partial charge in [0.05, 0.1) is 13.2 Å². The maximum atomic E-state index is 12.6. The summed E-state index contributed by atoms with van der Waals surface area (Å²) in [4.78, 5) is 34.9. The minimum absolute atomic E-state index is 0.0491. The molecule has 0 bridgehead atoms. The van der Waals surface area contributed by atoms with Crippen LogP contribution in [0.2, 0.25) is 0 Å². The average molecular weight is 824 g/mol. The Morgan fingerprint density at radius 3 is 1.46 bits per heavy atom. The molecule has 1 unspecified atom stereocenters. The third kappa shape index (κ3) is 43.4. The first-order valence-electron chi connectivity index (χ1n) is 23.1. The van der Waals surface area contributed by atoms with Crippen LogP contribution >= 0.6 is 7.82 Å². The maximum Gasteiger partial charge on any atom is 0.472 e. The predicted molar refractivity (Wildman–Crippen MR) is 238 cm³/mol. The fourth-order valence-electron chi connectivity index (χ4n) is 6.29. The molecule has 0 amide bonds. The van der Waals surface area contributed by atoms with Crippen LogP contribution in [0, 0.1) is 0 Å². The normalized spacial score (nSPS) is 13.7. The first kappa shape index (κ1) is 55.0. The zero-order chi connectivity index (χ0) is 41.8. The minimum atomic E-state index is -4.38. The van der Waals surface area contributed by atoms with E-state index in [1.165, 1.54) is 103 Å². The molecule has 57 heavy (non-hydrogen) atoms. The SMILES string of the molecule is CC/C=C/C/C=C/C/C=C/CCCCCCCC(=O)O[C@@H](COC(=O)CCCCCCCCCCCCC/C=C/CCCCCCCC)COP(=O)(O)OCCN. The molecule has 0 radical (unpaired) electrons. The lowest BCUT2D eigenvalue weighted by Crippen LogP contribution is -2.29. The van der Waals surface area contributed by atoms with Crippen molar-refractivity contribution in [3.05, 3.63) is 48.6 Å². The third-order valence-corrected chi connectivity index (χ3v) is 10.7. The number of esters is 2. The van der Waals surface area contributed by atoms with Crippen LogP contribution in [-0.2, 0) is 32.7 Å². The van der Waals surface area contributed by atoms with Crippen molar-refractivity contribution in [1.29, 1.82) is 0 Å². The monoisotopic (exact) mass is 824 g/mol. The summed E-state index contributed by atoms with van der Waals surface area (Å²) in [5.41, 5.74) is 5.35. The van der Waals surface area contributed by atoms with Crippen LogP contribution in [-0.4, -0.2) is 49.3 Å². The summed E-state index contributed by atoms with van der Waals surface area (Å²) in [6, 6.07) is 0. The number of ether oxygens (including phenoxy) is 2. The molecule has 332 valence electrons.